The summed E-state index contributed by atoms with van der Waals surface area (Å²) in [7, 11) is 0. The summed E-state index contributed by atoms with van der Waals surface area (Å²) >= 11 is 0. The van der Waals surface area contributed by atoms with Gasteiger partial charge in [0.2, 0.25) is 5.78 Å². The van der Waals surface area contributed by atoms with Gasteiger partial charge in [0.25, 0.3) is 0 Å². The number of hydrogen-bond acceptors (Lipinski definition) is 5. The van der Waals surface area contributed by atoms with Crippen molar-refractivity contribution in [3.63, 3.8) is 0 Å². The molecule has 0 saturated heterocycles. The molecule has 0 radical (unpaired) electrons. The van der Waals surface area contributed by atoms with Crippen LogP contribution in [0.15, 0.2) is 60.7 Å². The summed E-state index contributed by atoms with van der Waals surface area (Å²) in [6, 6.07) is 15.3. The molecule has 0 aliphatic carbocycles. The van der Waals surface area contributed by atoms with E-state index in [0.717, 1.165) is 23.1 Å². The highest BCUT2D eigenvalue weighted by Crippen LogP contribution is 2.23. The molecule has 2 aromatic rings. The number of aryl methyl sites for hydroxylation is 1. The largest absolute Gasteiger partial charge is 0.460 e. The summed E-state index contributed by atoms with van der Waals surface area (Å²) in [5, 5.41) is 0. The molecule has 0 aliphatic heterocycles. The van der Waals surface area contributed by atoms with E-state index in [-0.39, 0.29) is 6.61 Å². The van der Waals surface area contributed by atoms with Crippen molar-refractivity contribution < 1.29 is 23.9 Å². The summed E-state index contributed by atoms with van der Waals surface area (Å²) < 4.78 is 10.0. The van der Waals surface area contributed by atoms with Crippen molar-refractivity contribution in [2.75, 3.05) is 6.61 Å². The molecule has 0 amide bonds. The van der Waals surface area contributed by atoms with Crippen LogP contribution >= 0.6 is 0 Å². The van der Waals surface area contributed by atoms with Gasteiger partial charge in [-0.25, -0.2) is 9.59 Å². The molecule has 0 bridgehead atoms. The Bertz CT molecular complexity index is 832. The molecule has 0 aromatic heterocycles. The Morgan fingerprint density at radius 2 is 1.41 bits per heavy atom. The average molecular weight is 366 g/mol. The molecule has 0 fully saturated rings. The number of benzene rings is 2. The van der Waals surface area contributed by atoms with Crippen molar-refractivity contribution in [1.82, 2.24) is 0 Å². The zero-order valence-electron chi connectivity index (χ0n) is 15.5. The quantitative estimate of drug-likeness (QED) is 0.233. The number of rotatable bonds is 8. The fourth-order valence-electron chi connectivity index (χ4n) is 2.32. The van der Waals surface area contributed by atoms with Crippen LogP contribution in [0.3, 0.4) is 0 Å². The van der Waals surface area contributed by atoms with Gasteiger partial charge >= 0.3 is 11.9 Å². The smallest absolute Gasteiger partial charge is 0.374 e. The molecule has 5 nitrogen and oxygen atoms in total. The molecule has 2 aromatic carbocycles. The maximum Gasteiger partial charge on any atom is 0.374 e. The van der Waals surface area contributed by atoms with Crippen LogP contribution in [0.5, 0.6) is 5.75 Å². The van der Waals surface area contributed by atoms with Crippen molar-refractivity contribution in [3.8, 4) is 16.9 Å². The minimum Gasteiger partial charge on any atom is -0.460 e. The lowest BCUT2D eigenvalue weighted by atomic mass is 10.0. The third kappa shape index (κ3) is 6.22. The van der Waals surface area contributed by atoms with Gasteiger partial charge in [0.1, 0.15) is 5.75 Å². The third-order valence-corrected chi connectivity index (χ3v) is 3.83. The normalized spacial score (nSPS) is 10.1. The lowest BCUT2D eigenvalue weighted by Crippen LogP contribution is -2.14. The highest BCUT2D eigenvalue weighted by atomic mass is 16.5. The first-order valence-corrected chi connectivity index (χ1v) is 8.61. The zero-order chi connectivity index (χ0) is 19.8. The predicted octanol–water partition coefficient (Wildman–Crippen LogP) is 3.90. The Kier molecular flexibility index (Phi) is 7.06. The fourth-order valence-corrected chi connectivity index (χ4v) is 2.32. The molecule has 0 N–H and O–H groups in total. The van der Waals surface area contributed by atoms with Crippen LogP contribution in [-0.2, 0) is 25.5 Å². The molecule has 0 unspecified atom stereocenters. The van der Waals surface area contributed by atoms with Crippen molar-refractivity contribution in [3.05, 3.63) is 66.2 Å². The molecule has 0 spiro atoms. The maximum absolute atomic E-state index is 11.5. The third-order valence-electron chi connectivity index (χ3n) is 3.83. The number of carbonyl (C=O) groups excluding carboxylic acids is 3. The SMILES string of the molecule is C=C(C)C(=O)Oc1ccc(-c2ccc(CCCOC(=O)C(C)=O)cc2)cc1. The zero-order valence-corrected chi connectivity index (χ0v) is 15.5. The minimum atomic E-state index is -0.789. The van der Waals surface area contributed by atoms with Gasteiger partial charge in [-0.3, -0.25) is 4.79 Å². The lowest BCUT2D eigenvalue weighted by molar-refractivity contribution is -0.153. The molecule has 0 atom stereocenters. The first-order valence-electron chi connectivity index (χ1n) is 8.61. The second kappa shape index (κ2) is 9.48. The number of carbonyl (C=O) groups is 3. The van der Waals surface area contributed by atoms with Crippen molar-refractivity contribution in [2.24, 2.45) is 0 Å². The number of esters is 2. The van der Waals surface area contributed by atoms with Gasteiger partial charge < -0.3 is 9.47 Å². The van der Waals surface area contributed by atoms with Crippen LogP contribution in [0, 0.1) is 0 Å². The Labute approximate surface area is 158 Å². The standard InChI is InChI=1S/C22H22O5/c1-15(2)21(24)27-20-12-10-19(11-13-20)18-8-6-17(7-9-18)5-4-14-26-22(25)16(3)23/h6-13H,1,4-5,14H2,2-3H3. The van der Waals surface area contributed by atoms with Gasteiger partial charge in [-0.2, -0.15) is 0 Å². The van der Waals surface area contributed by atoms with E-state index in [1.54, 1.807) is 19.1 Å². The van der Waals surface area contributed by atoms with Crippen LogP contribution < -0.4 is 4.74 Å². The lowest BCUT2D eigenvalue weighted by Gasteiger charge is -2.07. The van der Waals surface area contributed by atoms with Gasteiger partial charge in [-0.1, -0.05) is 43.0 Å². The highest BCUT2D eigenvalue weighted by molar-refractivity contribution is 6.32. The Morgan fingerprint density at radius 1 is 0.852 bits per heavy atom. The number of ketones is 1. The van der Waals surface area contributed by atoms with Crippen LogP contribution in [0.4, 0.5) is 0 Å². The Morgan fingerprint density at radius 3 is 1.93 bits per heavy atom. The van der Waals surface area contributed by atoms with Gasteiger partial charge in [0.05, 0.1) is 6.61 Å². The van der Waals surface area contributed by atoms with E-state index in [4.69, 9.17) is 9.47 Å². The molecule has 0 aliphatic rings. The highest BCUT2D eigenvalue weighted by Gasteiger charge is 2.08. The molecule has 27 heavy (non-hydrogen) atoms. The van der Waals surface area contributed by atoms with E-state index in [0.29, 0.717) is 17.7 Å². The minimum absolute atomic E-state index is 0.227. The van der Waals surface area contributed by atoms with Crippen molar-refractivity contribution >= 4 is 17.7 Å². The van der Waals surface area contributed by atoms with E-state index in [9.17, 15) is 14.4 Å². The monoisotopic (exact) mass is 366 g/mol. The number of Topliss-reactive ketones (excluding diaryl/α,β-unsaturated/α-hetero) is 1. The van der Waals surface area contributed by atoms with Gasteiger partial charge in [-0.15, -0.1) is 0 Å². The summed E-state index contributed by atoms with van der Waals surface area (Å²) in [6.45, 7) is 6.58. The predicted molar refractivity (Wildman–Crippen MR) is 102 cm³/mol. The molecule has 5 heteroatoms. The van der Waals surface area contributed by atoms with Crippen LogP contribution in [0.2, 0.25) is 0 Å². The summed E-state index contributed by atoms with van der Waals surface area (Å²) in [4.78, 5) is 33.4. The molecular formula is C22H22O5. The summed E-state index contributed by atoms with van der Waals surface area (Å²) in [5.74, 6) is -1.34. The van der Waals surface area contributed by atoms with E-state index in [2.05, 4.69) is 6.58 Å². The molecule has 0 saturated carbocycles. The van der Waals surface area contributed by atoms with Crippen LogP contribution in [0.1, 0.15) is 25.8 Å². The second-order valence-electron chi connectivity index (χ2n) is 6.19. The van der Waals surface area contributed by atoms with Crippen molar-refractivity contribution in [2.45, 2.75) is 26.7 Å². The maximum atomic E-state index is 11.5. The molecule has 140 valence electrons. The summed E-state index contributed by atoms with van der Waals surface area (Å²) in [6.07, 6.45) is 1.41. The fraction of sp³-hybridized carbons (Fsp3) is 0.227. The number of ether oxygens (including phenoxy) is 2. The average Bonchev–Trinajstić information content (AvgIpc) is 2.66. The van der Waals surface area contributed by atoms with E-state index >= 15 is 0 Å². The molecule has 2 rings (SSSR count). The second-order valence-corrected chi connectivity index (χ2v) is 6.19. The first-order chi connectivity index (χ1) is 12.9. The van der Waals surface area contributed by atoms with E-state index < -0.39 is 17.7 Å². The summed E-state index contributed by atoms with van der Waals surface area (Å²) in [5.41, 5.74) is 3.52. The molecule has 0 heterocycles. The van der Waals surface area contributed by atoms with E-state index in [1.807, 2.05) is 36.4 Å². The van der Waals surface area contributed by atoms with Gasteiger partial charge in [0.15, 0.2) is 0 Å². The van der Waals surface area contributed by atoms with E-state index in [1.165, 1.54) is 6.92 Å². The van der Waals surface area contributed by atoms with Gasteiger partial charge in [0, 0.05) is 12.5 Å². The van der Waals surface area contributed by atoms with Crippen LogP contribution in [-0.4, -0.2) is 24.3 Å². The topological polar surface area (TPSA) is 69.7 Å². The van der Waals surface area contributed by atoms with Gasteiger partial charge in [-0.05, 0) is 48.6 Å². The number of hydrogen-bond donors (Lipinski definition) is 0. The first kappa shape index (κ1) is 20.1. The Hall–Kier alpha value is -3.21. The van der Waals surface area contributed by atoms with Crippen molar-refractivity contribution in [1.29, 1.82) is 0 Å². The molecular weight excluding hydrogens is 344 g/mol. The Balaban J connectivity index is 1.89. The van der Waals surface area contributed by atoms with Crippen LogP contribution in [0.25, 0.3) is 11.1 Å².